The van der Waals surface area contributed by atoms with Gasteiger partial charge in [-0.3, -0.25) is 15.3 Å². The van der Waals surface area contributed by atoms with Gasteiger partial charge in [0.05, 0.1) is 5.92 Å². The lowest BCUT2D eigenvalue weighted by atomic mass is 9.96. The van der Waals surface area contributed by atoms with Gasteiger partial charge in [0.1, 0.15) is 5.82 Å². The topological polar surface area (TPSA) is 102 Å². The number of aromatic amines is 1. The van der Waals surface area contributed by atoms with Crippen molar-refractivity contribution in [2.45, 2.75) is 32.7 Å². The summed E-state index contributed by atoms with van der Waals surface area (Å²) in [5.74, 6) is -0.817. The average molecular weight is 451 g/mol. The third-order valence-corrected chi connectivity index (χ3v) is 5.74. The second kappa shape index (κ2) is 9.83. The van der Waals surface area contributed by atoms with E-state index in [4.69, 9.17) is 0 Å². The van der Waals surface area contributed by atoms with Gasteiger partial charge >= 0.3 is 6.03 Å². The first-order valence-corrected chi connectivity index (χ1v) is 11.0. The Labute approximate surface area is 191 Å². The Morgan fingerprint density at radius 1 is 1.21 bits per heavy atom. The largest absolute Gasteiger partial charge is 0.337 e. The van der Waals surface area contributed by atoms with Gasteiger partial charge in [0.2, 0.25) is 5.91 Å². The highest BCUT2D eigenvalue weighted by atomic mass is 19.1. The minimum absolute atomic E-state index is 0.273. The van der Waals surface area contributed by atoms with E-state index < -0.39 is 5.92 Å². The minimum atomic E-state index is -0.579. The van der Waals surface area contributed by atoms with Gasteiger partial charge in [-0.2, -0.15) is 5.10 Å². The lowest BCUT2D eigenvalue weighted by molar-refractivity contribution is -0.117. The van der Waals surface area contributed by atoms with Gasteiger partial charge in [0.15, 0.2) is 5.82 Å². The van der Waals surface area contributed by atoms with Gasteiger partial charge in [-0.1, -0.05) is 42.5 Å². The standard InChI is InChI=1S/C24H27FN6O2/c1-3-26-24(33)30-31-12-11-21-19(14-31)22(29-28-21)27-23(32)15(2)17-9-10-18(20(25)13-17)16-7-5-4-6-8-16/h4-10,13,15H,3,11-12,14H2,1-2H3,(H2,26,30,33)(H2,27,28,29,32). The molecule has 1 unspecified atom stereocenters. The number of benzene rings is 2. The van der Waals surface area contributed by atoms with Crippen LogP contribution >= 0.6 is 0 Å². The van der Waals surface area contributed by atoms with Crippen LogP contribution in [0.5, 0.6) is 0 Å². The van der Waals surface area contributed by atoms with Crippen molar-refractivity contribution in [3.63, 3.8) is 0 Å². The average Bonchev–Trinajstić information content (AvgIpc) is 3.21. The third kappa shape index (κ3) is 5.04. The zero-order chi connectivity index (χ0) is 23.4. The minimum Gasteiger partial charge on any atom is -0.337 e. The number of hydrogen-bond donors (Lipinski definition) is 4. The quantitative estimate of drug-likeness (QED) is 0.461. The number of nitrogens with zero attached hydrogens (tertiary/aromatic N) is 2. The van der Waals surface area contributed by atoms with Crippen molar-refractivity contribution in [3.8, 4) is 11.1 Å². The molecule has 0 saturated heterocycles. The number of carbonyl (C=O) groups excluding carboxylic acids is 2. The van der Waals surface area contributed by atoms with Crippen molar-refractivity contribution in [3.05, 3.63) is 71.2 Å². The summed E-state index contributed by atoms with van der Waals surface area (Å²) >= 11 is 0. The number of anilines is 1. The Hall–Kier alpha value is -3.72. The van der Waals surface area contributed by atoms with E-state index in [1.807, 2.05) is 37.3 Å². The van der Waals surface area contributed by atoms with Crippen molar-refractivity contribution in [1.82, 2.24) is 25.9 Å². The molecule has 1 aromatic heterocycles. The highest BCUT2D eigenvalue weighted by molar-refractivity contribution is 5.95. The van der Waals surface area contributed by atoms with Crippen LogP contribution in [0.2, 0.25) is 0 Å². The number of fused-ring (bicyclic) bond motifs is 1. The Morgan fingerprint density at radius 3 is 2.73 bits per heavy atom. The number of H-pyrrole nitrogens is 1. The van der Waals surface area contributed by atoms with Crippen molar-refractivity contribution < 1.29 is 14.0 Å². The maximum absolute atomic E-state index is 14.8. The number of hydrogen-bond acceptors (Lipinski definition) is 4. The van der Waals surface area contributed by atoms with Crippen molar-refractivity contribution in [2.75, 3.05) is 18.4 Å². The van der Waals surface area contributed by atoms with E-state index in [1.54, 1.807) is 24.1 Å². The fourth-order valence-electron chi connectivity index (χ4n) is 3.87. The van der Waals surface area contributed by atoms with Crippen LogP contribution in [0.4, 0.5) is 15.0 Å². The van der Waals surface area contributed by atoms with E-state index in [2.05, 4.69) is 26.3 Å². The number of amides is 3. The highest BCUT2D eigenvalue weighted by Gasteiger charge is 2.25. The summed E-state index contributed by atoms with van der Waals surface area (Å²) < 4.78 is 14.8. The van der Waals surface area contributed by atoms with Gasteiger partial charge in [-0.15, -0.1) is 0 Å². The zero-order valence-electron chi connectivity index (χ0n) is 18.6. The van der Waals surface area contributed by atoms with E-state index in [9.17, 15) is 14.0 Å². The van der Waals surface area contributed by atoms with Crippen LogP contribution in [-0.2, 0) is 17.8 Å². The number of hydrazine groups is 1. The Bertz CT molecular complexity index is 1150. The lowest BCUT2D eigenvalue weighted by Gasteiger charge is -2.27. The summed E-state index contributed by atoms with van der Waals surface area (Å²) in [5, 5.41) is 14.5. The highest BCUT2D eigenvalue weighted by Crippen LogP contribution is 2.28. The number of halogens is 1. The number of aromatic nitrogens is 2. The summed E-state index contributed by atoms with van der Waals surface area (Å²) in [6.45, 7) is 5.15. The van der Waals surface area contributed by atoms with Gasteiger partial charge < -0.3 is 10.6 Å². The first kappa shape index (κ1) is 22.5. The summed E-state index contributed by atoms with van der Waals surface area (Å²) in [6.07, 6.45) is 0.659. The molecule has 172 valence electrons. The fraction of sp³-hybridized carbons (Fsp3) is 0.292. The van der Waals surface area contributed by atoms with Crippen LogP contribution in [0.3, 0.4) is 0 Å². The smallest absolute Gasteiger partial charge is 0.329 e. The second-order valence-corrected chi connectivity index (χ2v) is 7.99. The van der Waals surface area contributed by atoms with Crippen molar-refractivity contribution in [2.24, 2.45) is 0 Å². The molecule has 1 aliphatic rings. The molecule has 0 bridgehead atoms. The molecule has 4 rings (SSSR count). The summed E-state index contributed by atoms with van der Waals surface area (Å²) in [5.41, 5.74) is 6.39. The molecule has 0 spiro atoms. The van der Waals surface area contributed by atoms with Crippen LogP contribution in [0.25, 0.3) is 11.1 Å². The predicted octanol–water partition coefficient (Wildman–Crippen LogP) is 3.55. The molecular weight excluding hydrogens is 423 g/mol. The molecule has 0 radical (unpaired) electrons. The first-order chi connectivity index (χ1) is 16.0. The van der Waals surface area contributed by atoms with Crippen LogP contribution in [0.1, 0.15) is 36.6 Å². The van der Waals surface area contributed by atoms with E-state index in [0.29, 0.717) is 43.0 Å². The second-order valence-electron chi connectivity index (χ2n) is 7.99. The number of urea groups is 1. The monoisotopic (exact) mass is 450 g/mol. The van der Waals surface area contributed by atoms with Crippen LogP contribution in [-0.4, -0.2) is 40.2 Å². The zero-order valence-corrected chi connectivity index (χ0v) is 18.6. The maximum atomic E-state index is 14.8. The van der Waals surface area contributed by atoms with Gasteiger partial charge in [-0.05, 0) is 31.0 Å². The third-order valence-electron chi connectivity index (χ3n) is 5.74. The molecule has 3 aromatic rings. The fourth-order valence-corrected chi connectivity index (χ4v) is 3.87. The van der Waals surface area contributed by atoms with Crippen LogP contribution in [0, 0.1) is 5.82 Å². The van der Waals surface area contributed by atoms with Crippen molar-refractivity contribution in [1.29, 1.82) is 0 Å². The normalized spacial score (nSPS) is 14.3. The van der Waals surface area contributed by atoms with Crippen LogP contribution in [0.15, 0.2) is 48.5 Å². The number of nitrogens with one attached hydrogen (secondary N) is 4. The SMILES string of the molecule is CCNC(=O)NN1CCc2[nH]nc(NC(=O)C(C)c3ccc(-c4ccccc4)c(F)c3)c2C1. The molecule has 0 aliphatic carbocycles. The molecule has 1 aliphatic heterocycles. The molecule has 0 saturated carbocycles. The van der Waals surface area contributed by atoms with E-state index >= 15 is 0 Å². The molecule has 2 aromatic carbocycles. The first-order valence-electron chi connectivity index (χ1n) is 11.0. The molecule has 9 heteroatoms. The van der Waals surface area contributed by atoms with Gasteiger partial charge in [0, 0.05) is 42.9 Å². The Balaban J connectivity index is 1.45. The van der Waals surface area contributed by atoms with E-state index in [-0.39, 0.29) is 17.8 Å². The Kier molecular flexibility index (Phi) is 6.69. The Morgan fingerprint density at radius 2 is 2.00 bits per heavy atom. The molecule has 1 atom stereocenters. The maximum Gasteiger partial charge on any atom is 0.329 e. The number of rotatable bonds is 6. The van der Waals surface area contributed by atoms with E-state index in [0.717, 1.165) is 16.8 Å². The lowest BCUT2D eigenvalue weighted by Crippen LogP contribution is -2.49. The van der Waals surface area contributed by atoms with Crippen molar-refractivity contribution >= 4 is 17.8 Å². The number of carbonyl (C=O) groups is 2. The molecule has 4 N–H and O–H groups in total. The molecule has 8 nitrogen and oxygen atoms in total. The molecule has 2 heterocycles. The summed E-state index contributed by atoms with van der Waals surface area (Å²) in [7, 11) is 0. The summed E-state index contributed by atoms with van der Waals surface area (Å²) in [4.78, 5) is 24.8. The molecule has 3 amide bonds. The van der Waals surface area contributed by atoms with Crippen LogP contribution < -0.4 is 16.1 Å². The molecular formula is C24H27FN6O2. The summed E-state index contributed by atoms with van der Waals surface area (Å²) in [6, 6.07) is 13.9. The predicted molar refractivity (Wildman–Crippen MR) is 124 cm³/mol. The van der Waals surface area contributed by atoms with E-state index in [1.165, 1.54) is 6.07 Å². The van der Waals surface area contributed by atoms with Gasteiger partial charge in [0.25, 0.3) is 0 Å². The van der Waals surface area contributed by atoms with Gasteiger partial charge in [-0.25, -0.2) is 14.2 Å². The molecule has 33 heavy (non-hydrogen) atoms. The molecule has 0 fully saturated rings.